The minimum atomic E-state index is -4.85. The Kier molecular flexibility index (Phi) is 3.88. The third-order valence-electron chi connectivity index (χ3n) is 1.57. The first-order valence-electron chi connectivity index (χ1n) is 4.26. The predicted molar refractivity (Wildman–Crippen MR) is 51.5 cm³/mol. The lowest BCUT2D eigenvalue weighted by atomic mass is 10.1. The van der Waals surface area contributed by atoms with Crippen molar-refractivity contribution in [3.63, 3.8) is 0 Å². The smallest absolute Gasteiger partial charge is 0.406 e. The lowest BCUT2D eigenvalue weighted by molar-refractivity contribution is -0.274. The standard InChI is InChI=1S/C11H5F3O3/c12-11(13,14)17-10-5-8(2-1-3-15)4-9(6-10)7-16/h3-7H. The zero-order chi connectivity index (χ0) is 12.9. The van der Waals surface area contributed by atoms with Gasteiger partial charge in [-0.3, -0.25) is 9.59 Å². The van der Waals surface area contributed by atoms with E-state index < -0.39 is 12.1 Å². The van der Waals surface area contributed by atoms with E-state index in [1.165, 1.54) is 6.07 Å². The number of ether oxygens (including phenoxy) is 1. The van der Waals surface area contributed by atoms with Gasteiger partial charge in [-0.2, -0.15) is 0 Å². The van der Waals surface area contributed by atoms with Crippen molar-refractivity contribution >= 4 is 12.6 Å². The van der Waals surface area contributed by atoms with Crippen molar-refractivity contribution in [2.24, 2.45) is 0 Å². The second-order valence-corrected chi connectivity index (χ2v) is 2.84. The van der Waals surface area contributed by atoms with E-state index in [0.29, 0.717) is 6.29 Å². The highest BCUT2D eigenvalue weighted by molar-refractivity contribution is 5.78. The molecular formula is C11H5F3O3. The number of alkyl halides is 3. The van der Waals surface area contributed by atoms with E-state index in [9.17, 15) is 22.8 Å². The normalized spacial score (nSPS) is 10.1. The molecule has 1 rings (SSSR count). The topological polar surface area (TPSA) is 43.4 Å². The Morgan fingerprint density at radius 3 is 2.41 bits per heavy atom. The van der Waals surface area contributed by atoms with Gasteiger partial charge in [0.15, 0.2) is 6.29 Å². The number of carbonyl (C=O) groups is 2. The first-order chi connectivity index (χ1) is 7.94. The summed E-state index contributed by atoms with van der Waals surface area (Å²) in [4.78, 5) is 20.5. The monoisotopic (exact) mass is 242 g/mol. The summed E-state index contributed by atoms with van der Waals surface area (Å²) in [6.45, 7) is 0. The Bertz CT molecular complexity index is 495. The highest BCUT2D eigenvalue weighted by Gasteiger charge is 2.31. The first kappa shape index (κ1) is 12.8. The average Bonchev–Trinajstić information content (AvgIpc) is 2.23. The molecule has 17 heavy (non-hydrogen) atoms. The van der Waals surface area contributed by atoms with Crippen LogP contribution in [-0.2, 0) is 4.79 Å². The molecule has 6 heteroatoms. The van der Waals surface area contributed by atoms with Crippen LogP contribution in [0.5, 0.6) is 5.75 Å². The third-order valence-corrected chi connectivity index (χ3v) is 1.57. The van der Waals surface area contributed by atoms with E-state index in [0.717, 1.165) is 12.1 Å². The molecule has 0 bridgehead atoms. The summed E-state index contributed by atoms with van der Waals surface area (Å²) >= 11 is 0. The molecule has 1 aromatic carbocycles. The van der Waals surface area contributed by atoms with Crippen molar-refractivity contribution in [3.05, 3.63) is 29.3 Å². The van der Waals surface area contributed by atoms with Gasteiger partial charge < -0.3 is 4.74 Å². The molecular weight excluding hydrogens is 237 g/mol. The summed E-state index contributed by atoms with van der Waals surface area (Å²) in [5.41, 5.74) is 0.0582. The summed E-state index contributed by atoms with van der Waals surface area (Å²) in [6, 6.07) is 3.15. The number of halogens is 3. The average molecular weight is 242 g/mol. The lowest BCUT2D eigenvalue weighted by Crippen LogP contribution is -2.17. The van der Waals surface area contributed by atoms with Gasteiger partial charge in [-0.05, 0) is 24.1 Å². The van der Waals surface area contributed by atoms with Gasteiger partial charge in [-0.25, -0.2) is 0 Å². The molecule has 0 fully saturated rings. The minimum Gasteiger partial charge on any atom is -0.406 e. The van der Waals surface area contributed by atoms with Crippen LogP contribution in [0.15, 0.2) is 18.2 Å². The van der Waals surface area contributed by atoms with Crippen LogP contribution >= 0.6 is 0 Å². The van der Waals surface area contributed by atoms with Gasteiger partial charge >= 0.3 is 6.36 Å². The molecule has 0 saturated heterocycles. The molecule has 0 spiro atoms. The third kappa shape index (κ3) is 4.38. The molecule has 0 N–H and O–H groups in total. The lowest BCUT2D eigenvalue weighted by Gasteiger charge is -2.09. The van der Waals surface area contributed by atoms with Crippen LogP contribution in [0.25, 0.3) is 0 Å². The van der Waals surface area contributed by atoms with Crippen LogP contribution < -0.4 is 4.74 Å². The molecule has 0 aliphatic rings. The number of hydrogen-bond acceptors (Lipinski definition) is 3. The second-order valence-electron chi connectivity index (χ2n) is 2.84. The van der Waals surface area contributed by atoms with Crippen molar-refractivity contribution in [2.45, 2.75) is 6.36 Å². The Hall–Kier alpha value is -2.29. The van der Waals surface area contributed by atoms with Gasteiger partial charge in [0.25, 0.3) is 0 Å². The Morgan fingerprint density at radius 1 is 1.18 bits per heavy atom. The molecule has 3 nitrogen and oxygen atoms in total. The molecule has 0 amide bonds. The van der Waals surface area contributed by atoms with Gasteiger partial charge in [0.05, 0.1) is 0 Å². The van der Waals surface area contributed by atoms with Gasteiger partial charge in [-0.15, -0.1) is 13.2 Å². The van der Waals surface area contributed by atoms with Crippen molar-refractivity contribution in [3.8, 4) is 17.6 Å². The fourth-order valence-corrected chi connectivity index (χ4v) is 1.07. The largest absolute Gasteiger partial charge is 0.573 e. The first-order valence-corrected chi connectivity index (χ1v) is 4.26. The van der Waals surface area contributed by atoms with Crippen LogP contribution in [0.2, 0.25) is 0 Å². The second kappa shape index (κ2) is 5.16. The van der Waals surface area contributed by atoms with Crippen LogP contribution in [0, 0.1) is 11.8 Å². The SMILES string of the molecule is O=CC#Cc1cc(C=O)cc(OC(F)(F)F)c1. The maximum absolute atomic E-state index is 12.0. The molecule has 1 aromatic rings. The minimum absolute atomic E-state index is 0.0260. The van der Waals surface area contributed by atoms with E-state index in [1.807, 2.05) is 5.92 Å². The molecule has 0 unspecified atom stereocenters. The quantitative estimate of drug-likeness (QED) is 0.588. The Balaban J connectivity index is 3.13. The van der Waals surface area contributed by atoms with E-state index >= 15 is 0 Å². The summed E-state index contributed by atoms with van der Waals surface area (Å²) in [5.74, 6) is 3.74. The van der Waals surface area contributed by atoms with Crippen molar-refractivity contribution in [1.82, 2.24) is 0 Å². The van der Waals surface area contributed by atoms with Gasteiger partial charge in [-0.1, -0.05) is 5.92 Å². The zero-order valence-electron chi connectivity index (χ0n) is 8.25. The van der Waals surface area contributed by atoms with Crippen LogP contribution in [0.4, 0.5) is 13.2 Å². The fourth-order valence-electron chi connectivity index (χ4n) is 1.07. The molecule has 0 atom stereocenters. The number of hydrogen-bond donors (Lipinski definition) is 0. The molecule has 0 saturated carbocycles. The zero-order valence-corrected chi connectivity index (χ0v) is 8.25. The van der Waals surface area contributed by atoms with Crippen molar-refractivity contribution in [1.29, 1.82) is 0 Å². The van der Waals surface area contributed by atoms with E-state index in [4.69, 9.17) is 0 Å². The molecule has 0 aromatic heterocycles. The number of carbonyl (C=O) groups excluding carboxylic acids is 2. The van der Waals surface area contributed by atoms with Crippen molar-refractivity contribution in [2.75, 3.05) is 0 Å². The number of benzene rings is 1. The van der Waals surface area contributed by atoms with E-state index in [2.05, 4.69) is 10.7 Å². The molecule has 0 radical (unpaired) electrons. The maximum Gasteiger partial charge on any atom is 0.573 e. The van der Waals surface area contributed by atoms with Gasteiger partial charge in [0.1, 0.15) is 12.0 Å². The predicted octanol–water partition coefficient (Wildman–Crippen LogP) is 1.95. The van der Waals surface area contributed by atoms with Gasteiger partial charge in [0.2, 0.25) is 0 Å². The summed E-state index contributed by atoms with van der Waals surface area (Å²) in [6.07, 6.45) is -4.20. The Morgan fingerprint density at radius 2 is 1.88 bits per heavy atom. The van der Waals surface area contributed by atoms with Crippen LogP contribution in [0.1, 0.15) is 15.9 Å². The molecule has 0 heterocycles. The summed E-state index contributed by atoms with van der Waals surface area (Å²) in [7, 11) is 0. The summed E-state index contributed by atoms with van der Waals surface area (Å²) in [5, 5.41) is 0. The summed E-state index contributed by atoms with van der Waals surface area (Å²) < 4.78 is 39.5. The van der Waals surface area contributed by atoms with Crippen molar-refractivity contribution < 1.29 is 27.5 Å². The highest BCUT2D eigenvalue weighted by atomic mass is 19.4. The van der Waals surface area contributed by atoms with E-state index in [1.54, 1.807) is 0 Å². The fraction of sp³-hybridized carbons (Fsp3) is 0.0909. The van der Waals surface area contributed by atoms with Crippen LogP contribution in [-0.4, -0.2) is 18.9 Å². The van der Waals surface area contributed by atoms with Gasteiger partial charge in [0, 0.05) is 11.1 Å². The van der Waals surface area contributed by atoms with Crippen LogP contribution in [0.3, 0.4) is 0 Å². The number of rotatable bonds is 2. The number of aldehydes is 2. The Labute approximate surface area is 94.2 Å². The maximum atomic E-state index is 12.0. The molecule has 88 valence electrons. The molecule has 0 aliphatic heterocycles. The highest BCUT2D eigenvalue weighted by Crippen LogP contribution is 2.24. The van der Waals surface area contributed by atoms with E-state index in [-0.39, 0.29) is 17.4 Å². The molecule has 0 aliphatic carbocycles.